The van der Waals surface area contributed by atoms with Gasteiger partial charge in [0.1, 0.15) is 6.54 Å². The number of hydrazine groups is 1. The molecule has 33 heavy (non-hydrogen) atoms. The molecule has 0 spiro atoms. The molecule has 4 amide bonds. The topological polar surface area (TPSA) is 142 Å². The molecule has 0 aliphatic rings. The van der Waals surface area contributed by atoms with Gasteiger partial charge in [-0.05, 0) is 30.2 Å². The van der Waals surface area contributed by atoms with E-state index < -0.39 is 35.7 Å². The molecule has 0 heterocycles. The highest BCUT2D eigenvalue weighted by Crippen LogP contribution is 2.25. The number of nitrogens with one attached hydrogen (secondary N) is 2. The van der Waals surface area contributed by atoms with E-state index in [9.17, 15) is 24.3 Å². The molecule has 0 aliphatic heterocycles. The first kappa shape index (κ1) is 27.7. The number of benzene rings is 1. The van der Waals surface area contributed by atoms with Crippen LogP contribution in [0.15, 0.2) is 36.4 Å². The fraction of sp³-hybridized carbons (Fsp3) is 0.500. The smallest absolute Gasteiger partial charge is 0.312 e. The van der Waals surface area contributed by atoms with Crippen molar-refractivity contribution in [1.29, 1.82) is 0 Å². The zero-order valence-corrected chi connectivity index (χ0v) is 19.8. The maximum Gasteiger partial charge on any atom is 0.312 e. The van der Waals surface area contributed by atoms with Crippen LogP contribution in [-0.2, 0) is 14.4 Å². The van der Waals surface area contributed by atoms with Crippen LogP contribution in [0.2, 0.25) is 0 Å². The van der Waals surface area contributed by atoms with Crippen molar-refractivity contribution >= 4 is 29.9 Å². The molecule has 1 aromatic rings. The number of urea groups is 1. The number of rotatable bonds is 12. The van der Waals surface area contributed by atoms with Crippen LogP contribution in [0.4, 0.5) is 4.79 Å². The molecule has 0 aliphatic carbocycles. The first-order chi connectivity index (χ1) is 15.5. The summed E-state index contributed by atoms with van der Waals surface area (Å²) in [6.07, 6.45) is 4.08. The van der Waals surface area contributed by atoms with Crippen LogP contribution in [0.25, 0.3) is 6.08 Å². The zero-order chi connectivity index (χ0) is 25.0. The number of hydrogen-bond donors (Lipinski definition) is 4. The summed E-state index contributed by atoms with van der Waals surface area (Å²) in [5, 5.41) is 13.2. The molecule has 9 nitrogen and oxygen atoms in total. The standard InChI is InChI=1S/C24H36N4O5/c1-16(2)13-20(19(23(31)32)12-8-11-18-9-6-5-7-10-18)22(30)27-28(15-17(3)4)21(29)14-26-24(25)33/h5-11,16-17,19-20H,12-15H2,1-4H3,(H,27,30)(H,31,32)(H3,25,26,33)/t19-,20+/m0/s1. The van der Waals surface area contributed by atoms with E-state index in [-0.39, 0.29) is 31.3 Å². The lowest BCUT2D eigenvalue weighted by molar-refractivity contribution is -0.151. The molecule has 0 saturated carbocycles. The molecule has 0 saturated heterocycles. The van der Waals surface area contributed by atoms with E-state index in [0.29, 0.717) is 6.42 Å². The van der Waals surface area contributed by atoms with Gasteiger partial charge in [-0.1, -0.05) is 70.2 Å². The normalized spacial score (nSPS) is 13.0. The largest absolute Gasteiger partial charge is 0.481 e. The highest BCUT2D eigenvalue weighted by Gasteiger charge is 2.35. The van der Waals surface area contributed by atoms with Crippen molar-refractivity contribution in [3.05, 3.63) is 42.0 Å². The number of amides is 4. The first-order valence-electron chi connectivity index (χ1n) is 11.1. The molecule has 2 atom stereocenters. The Morgan fingerprint density at radius 1 is 1.03 bits per heavy atom. The number of carbonyl (C=O) groups excluding carboxylic acids is 3. The fourth-order valence-corrected chi connectivity index (χ4v) is 3.36. The van der Waals surface area contributed by atoms with Crippen LogP contribution in [0, 0.1) is 23.7 Å². The summed E-state index contributed by atoms with van der Waals surface area (Å²) >= 11 is 0. The van der Waals surface area contributed by atoms with Gasteiger partial charge in [-0.2, -0.15) is 0 Å². The van der Waals surface area contributed by atoms with Gasteiger partial charge in [0.05, 0.1) is 11.8 Å². The van der Waals surface area contributed by atoms with Gasteiger partial charge in [0.25, 0.3) is 5.91 Å². The minimum atomic E-state index is -1.08. The van der Waals surface area contributed by atoms with Crippen LogP contribution in [0.5, 0.6) is 0 Å². The van der Waals surface area contributed by atoms with E-state index in [1.54, 1.807) is 6.08 Å². The molecule has 0 unspecified atom stereocenters. The summed E-state index contributed by atoms with van der Waals surface area (Å²) < 4.78 is 0. The van der Waals surface area contributed by atoms with E-state index in [1.165, 1.54) is 0 Å². The lowest BCUT2D eigenvalue weighted by Crippen LogP contribution is -2.54. The van der Waals surface area contributed by atoms with Gasteiger partial charge in [0, 0.05) is 6.54 Å². The van der Waals surface area contributed by atoms with E-state index in [0.717, 1.165) is 10.6 Å². The Hall–Kier alpha value is -3.36. The monoisotopic (exact) mass is 460 g/mol. The van der Waals surface area contributed by atoms with Crippen molar-refractivity contribution in [2.75, 3.05) is 13.1 Å². The van der Waals surface area contributed by atoms with E-state index in [1.807, 2.05) is 64.1 Å². The molecule has 5 N–H and O–H groups in total. The van der Waals surface area contributed by atoms with Gasteiger partial charge in [0.15, 0.2) is 0 Å². The van der Waals surface area contributed by atoms with Crippen LogP contribution in [-0.4, -0.2) is 47.0 Å². The number of carboxylic acid groups (broad SMARTS) is 1. The van der Waals surface area contributed by atoms with Crippen molar-refractivity contribution in [3.63, 3.8) is 0 Å². The number of hydrogen-bond acceptors (Lipinski definition) is 4. The predicted molar refractivity (Wildman–Crippen MR) is 126 cm³/mol. The second-order valence-corrected chi connectivity index (χ2v) is 8.82. The van der Waals surface area contributed by atoms with E-state index >= 15 is 0 Å². The average molecular weight is 461 g/mol. The number of nitrogens with two attached hydrogens (primary N) is 1. The summed E-state index contributed by atoms with van der Waals surface area (Å²) in [7, 11) is 0. The van der Waals surface area contributed by atoms with Crippen LogP contribution >= 0.6 is 0 Å². The highest BCUT2D eigenvalue weighted by molar-refractivity contribution is 5.88. The Balaban J connectivity index is 3.05. The lowest BCUT2D eigenvalue weighted by atomic mass is 9.82. The minimum absolute atomic E-state index is 0.0236. The number of carbonyl (C=O) groups is 4. The van der Waals surface area contributed by atoms with Gasteiger partial charge in [0.2, 0.25) is 5.91 Å². The van der Waals surface area contributed by atoms with Gasteiger partial charge in [-0.25, -0.2) is 4.79 Å². The number of allylic oxidation sites excluding steroid dienone is 1. The van der Waals surface area contributed by atoms with E-state index in [2.05, 4.69) is 10.7 Å². The predicted octanol–water partition coefficient (Wildman–Crippen LogP) is 2.64. The number of carboxylic acids is 1. The highest BCUT2D eigenvalue weighted by atomic mass is 16.4. The molecular weight excluding hydrogens is 424 g/mol. The third kappa shape index (κ3) is 10.7. The molecule has 1 rings (SSSR count). The first-order valence-corrected chi connectivity index (χ1v) is 11.1. The Bertz CT molecular complexity index is 823. The second-order valence-electron chi connectivity index (χ2n) is 8.82. The molecule has 1 aromatic carbocycles. The molecule has 9 heteroatoms. The van der Waals surface area contributed by atoms with Gasteiger partial charge >= 0.3 is 12.0 Å². The molecule has 0 bridgehead atoms. The Labute approximate surface area is 195 Å². The van der Waals surface area contributed by atoms with Crippen LogP contribution in [0.1, 0.15) is 46.1 Å². The molecular formula is C24H36N4O5. The molecule has 182 valence electrons. The molecule has 0 fully saturated rings. The maximum atomic E-state index is 13.2. The van der Waals surface area contributed by atoms with Crippen LogP contribution in [0.3, 0.4) is 0 Å². The summed E-state index contributed by atoms with van der Waals surface area (Å²) in [5.41, 5.74) is 8.55. The Morgan fingerprint density at radius 2 is 1.67 bits per heavy atom. The zero-order valence-electron chi connectivity index (χ0n) is 19.8. The molecule has 0 radical (unpaired) electrons. The van der Waals surface area contributed by atoms with Gasteiger partial charge in [-0.3, -0.25) is 24.8 Å². The number of primary amides is 1. The fourth-order valence-electron chi connectivity index (χ4n) is 3.36. The summed E-state index contributed by atoms with van der Waals surface area (Å²) in [6.45, 7) is 7.38. The Kier molecular flexibility index (Phi) is 11.7. The van der Waals surface area contributed by atoms with Gasteiger partial charge < -0.3 is 16.2 Å². The summed E-state index contributed by atoms with van der Waals surface area (Å²) in [5.74, 6) is -3.90. The van der Waals surface area contributed by atoms with Crippen molar-refractivity contribution in [2.24, 2.45) is 29.4 Å². The van der Waals surface area contributed by atoms with Crippen molar-refractivity contribution in [1.82, 2.24) is 15.8 Å². The SMILES string of the molecule is CC(C)C[C@@H](C(=O)NN(CC(C)C)C(=O)CNC(N)=O)[C@H](CC=Cc1ccccc1)C(=O)O. The Morgan fingerprint density at radius 3 is 2.18 bits per heavy atom. The maximum absolute atomic E-state index is 13.2. The van der Waals surface area contributed by atoms with E-state index in [4.69, 9.17) is 5.73 Å². The number of aliphatic carboxylic acids is 1. The summed E-state index contributed by atoms with van der Waals surface area (Å²) in [6, 6.07) is 8.62. The third-order valence-electron chi connectivity index (χ3n) is 4.87. The average Bonchev–Trinajstić information content (AvgIpc) is 2.73. The lowest BCUT2D eigenvalue weighted by Gasteiger charge is -2.30. The quantitative estimate of drug-likeness (QED) is 0.355. The van der Waals surface area contributed by atoms with Crippen molar-refractivity contribution < 1.29 is 24.3 Å². The van der Waals surface area contributed by atoms with Crippen molar-refractivity contribution in [2.45, 2.75) is 40.5 Å². The molecule has 0 aromatic heterocycles. The second kappa shape index (κ2) is 13.9. The number of nitrogens with zero attached hydrogens (tertiary/aromatic N) is 1. The van der Waals surface area contributed by atoms with Crippen molar-refractivity contribution in [3.8, 4) is 0 Å². The summed E-state index contributed by atoms with van der Waals surface area (Å²) in [4.78, 5) is 48.7. The van der Waals surface area contributed by atoms with Gasteiger partial charge in [-0.15, -0.1) is 0 Å². The minimum Gasteiger partial charge on any atom is -0.481 e. The third-order valence-corrected chi connectivity index (χ3v) is 4.87. The van der Waals surface area contributed by atoms with Crippen LogP contribution < -0.4 is 16.5 Å².